The SMILES string of the molecule is CCC1=C(C)C(=O)N/C1=C\c1[nH]c(Cc2[nH]c(/C=C3\NC(=O)C(C)=C3CC)c(C)c2C[C@@H](C)C(=O)O)c(C[C@@H](C)C(=O)O)c1C. The molecule has 0 spiro atoms. The Labute approximate surface area is 263 Å². The van der Waals surface area contributed by atoms with E-state index in [4.69, 9.17) is 0 Å². The van der Waals surface area contributed by atoms with Crippen LogP contribution in [0.3, 0.4) is 0 Å². The lowest BCUT2D eigenvalue weighted by Crippen LogP contribution is -2.15. The van der Waals surface area contributed by atoms with E-state index in [1.807, 2.05) is 39.8 Å². The van der Waals surface area contributed by atoms with Crippen molar-refractivity contribution < 1.29 is 29.4 Å². The Balaban J connectivity index is 1.85. The van der Waals surface area contributed by atoms with Crippen molar-refractivity contribution in [2.45, 2.75) is 87.5 Å². The number of allylic oxidation sites excluding steroid dienone is 2. The Morgan fingerprint density at radius 2 is 1.04 bits per heavy atom. The third kappa shape index (κ3) is 6.60. The normalized spacial score (nSPS) is 18.3. The Morgan fingerprint density at radius 1 is 0.689 bits per heavy atom. The van der Waals surface area contributed by atoms with Crippen molar-refractivity contribution in [3.8, 4) is 0 Å². The highest BCUT2D eigenvalue weighted by atomic mass is 16.4. The number of carbonyl (C=O) groups is 4. The van der Waals surface area contributed by atoms with Crippen molar-refractivity contribution in [1.29, 1.82) is 0 Å². The molecule has 2 aliphatic heterocycles. The van der Waals surface area contributed by atoms with Gasteiger partial charge >= 0.3 is 11.9 Å². The zero-order valence-corrected chi connectivity index (χ0v) is 27.4. The number of amides is 2. The molecule has 2 amide bonds. The van der Waals surface area contributed by atoms with E-state index in [2.05, 4.69) is 20.6 Å². The van der Waals surface area contributed by atoms with Crippen LogP contribution in [-0.4, -0.2) is 43.9 Å². The van der Waals surface area contributed by atoms with E-state index in [0.29, 0.717) is 43.3 Å². The van der Waals surface area contributed by atoms with E-state index in [-0.39, 0.29) is 11.8 Å². The zero-order chi connectivity index (χ0) is 33.3. The number of aliphatic carboxylic acids is 2. The average molecular weight is 617 g/mol. The molecule has 0 unspecified atom stereocenters. The molecule has 4 heterocycles. The smallest absolute Gasteiger partial charge is 0.306 e. The summed E-state index contributed by atoms with van der Waals surface area (Å²) in [5.41, 5.74) is 11.4. The molecule has 45 heavy (non-hydrogen) atoms. The molecule has 0 aromatic carbocycles. The van der Waals surface area contributed by atoms with Crippen LogP contribution in [0.2, 0.25) is 0 Å². The summed E-state index contributed by atoms with van der Waals surface area (Å²) < 4.78 is 0. The highest BCUT2D eigenvalue weighted by molar-refractivity contribution is 6.01. The molecular weight excluding hydrogens is 572 g/mol. The standard InChI is InChI=1S/C35H44N4O6/c1-9-22-20(7)32(40)38-28(22)13-26-18(5)24(11-16(3)34(42)43)30(36-26)15-31-25(12-17(4)35(44)45)19(6)27(37-31)14-29-23(10-2)21(8)33(41)39-29/h13-14,16-17,36-37H,9-12,15H2,1-8H3,(H,38,40)(H,39,41)(H,42,43)(H,44,45)/b28-13-,29-14-/t16-,17-/m1/s1. The van der Waals surface area contributed by atoms with Crippen LogP contribution in [0.4, 0.5) is 0 Å². The van der Waals surface area contributed by atoms with Crippen molar-refractivity contribution in [1.82, 2.24) is 20.6 Å². The molecule has 0 fully saturated rings. The van der Waals surface area contributed by atoms with Crippen LogP contribution < -0.4 is 10.6 Å². The van der Waals surface area contributed by atoms with Gasteiger partial charge in [0.1, 0.15) is 0 Å². The molecule has 0 radical (unpaired) electrons. The first-order valence-corrected chi connectivity index (χ1v) is 15.5. The third-order valence-corrected chi connectivity index (χ3v) is 9.25. The van der Waals surface area contributed by atoms with Crippen LogP contribution in [0.1, 0.15) is 99.4 Å². The predicted molar refractivity (Wildman–Crippen MR) is 173 cm³/mol. The Kier molecular flexibility index (Phi) is 9.75. The van der Waals surface area contributed by atoms with Gasteiger partial charge in [0.05, 0.1) is 11.8 Å². The van der Waals surface area contributed by atoms with Gasteiger partial charge in [-0.1, -0.05) is 27.7 Å². The van der Waals surface area contributed by atoms with Gasteiger partial charge < -0.3 is 30.8 Å². The van der Waals surface area contributed by atoms with Gasteiger partial charge in [-0.05, 0) is 98.9 Å². The summed E-state index contributed by atoms with van der Waals surface area (Å²) in [6, 6.07) is 0. The fourth-order valence-electron chi connectivity index (χ4n) is 6.26. The molecule has 6 N–H and O–H groups in total. The van der Waals surface area contributed by atoms with Crippen LogP contribution >= 0.6 is 0 Å². The molecule has 2 atom stereocenters. The maximum absolute atomic E-state index is 12.4. The molecule has 0 aliphatic carbocycles. The summed E-state index contributed by atoms with van der Waals surface area (Å²) >= 11 is 0. The van der Waals surface area contributed by atoms with Crippen LogP contribution in [0.5, 0.6) is 0 Å². The van der Waals surface area contributed by atoms with Gasteiger partial charge in [-0.15, -0.1) is 0 Å². The maximum Gasteiger partial charge on any atom is 0.306 e. The monoisotopic (exact) mass is 616 g/mol. The van der Waals surface area contributed by atoms with E-state index in [1.165, 1.54) is 0 Å². The average Bonchev–Trinajstić information content (AvgIpc) is 3.62. The lowest BCUT2D eigenvalue weighted by atomic mass is 9.93. The van der Waals surface area contributed by atoms with Crippen LogP contribution in [0.25, 0.3) is 12.2 Å². The number of carbonyl (C=O) groups excluding carboxylic acids is 2. The van der Waals surface area contributed by atoms with E-state index >= 15 is 0 Å². The molecule has 0 bridgehead atoms. The molecule has 2 aromatic heterocycles. The molecule has 0 saturated carbocycles. The number of hydrogen-bond donors (Lipinski definition) is 6. The minimum atomic E-state index is -0.898. The first kappa shape index (κ1) is 33.3. The molecule has 10 heteroatoms. The molecule has 2 aromatic rings. The van der Waals surface area contributed by atoms with Crippen molar-refractivity contribution in [3.63, 3.8) is 0 Å². The molecule has 240 valence electrons. The number of carboxylic acid groups (broad SMARTS) is 2. The maximum atomic E-state index is 12.4. The number of rotatable bonds is 12. The van der Waals surface area contributed by atoms with Gasteiger partial charge in [-0.2, -0.15) is 0 Å². The molecular formula is C35H44N4O6. The summed E-state index contributed by atoms with van der Waals surface area (Å²) in [5, 5.41) is 25.4. The third-order valence-electron chi connectivity index (χ3n) is 9.25. The number of carboxylic acids is 2. The second kappa shape index (κ2) is 13.2. The van der Waals surface area contributed by atoms with Crippen LogP contribution in [-0.2, 0) is 38.4 Å². The topological polar surface area (TPSA) is 164 Å². The summed E-state index contributed by atoms with van der Waals surface area (Å²) in [6.07, 6.45) is 6.16. The van der Waals surface area contributed by atoms with E-state index in [0.717, 1.165) is 67.6 Å². The summed E-state index contributed by atoms with van der Waals surface area (Å²) in [7, 11) is 0. The quantitative estimate of drug-likeness (QED) is 0.185. The fourth-order valence-corrected chi connectivity index (χ4v) is 6.26. The fraction of sp³-hybridized carbons (Fsp3) is 0.429. The second-order valence-electron chi connectivity index (χ2n) is 12.2. The Bertz CT molecular complexity index is 1590. The minimum absolute atomic E-state index is 0.127. The number of H-pyrrole nitrogens is 2. The summed E-state index contributed by atoms with van der Waals surface area (Å²) in [4.78, 5) is 55.6. The molecule has 4 rings (SSSR count). The number of aromatic amines is 2. The molecule has 0 saturated heterocycles. The summed E-state index contributed by atoms with van der Waals surface area (Å²) in [6.45, 7) is 14.8. The van der Waals surface area contributed by atoms with E-state index in [1.54, 1.807) is 27.7 Å². The van der Waals surface area contributed by atoms with Crippen LogP contribution in [0, 0.1) is 25.7 Å². The minimum Gasteiger partial charge on any atom is -0.481 e. The van der Waals surface area contributed by atoms with E-state index in [9.17, 15) is 29.4 Å². The lowest BCUT2D eigenvalue weighted by Gasteiger charge is -2.12. The van der Waals surface area contributed by atoms with Crippen molar-refractivity contribution >= 4 is 35.9 Å². The largest absolute Gasteiger partial charge is 0.481 e. The van der Waals surface area contributed by atoms with E-state index < -0.39 is 23.8 Å². The first-order chi connectivity index (χ1) is 21.2. The van der Waals surface area contributed by atoms with Gasteiger partial charge in [0, 0.05) is 51.7 Å². The zero-order valence-electron chi connectivity index (χ0n) is 27.4. The lowest BCUT2D eigenvalue weighted by molar-refractivity contribution is -0.142. The van der Waals surface area contributed by atoms with Gasteiger partial charge in [0.2, 0.25) is 0 Å². The highest BCUT2D eigenvalue weighted by Gasteiger charge is 2.27. The number of nitrogens with one attached hydrogen (secondary N) is 4. The van der Waals surface area contributed by atoms with Gasteiger partial charge in [-0.25, -0.2) is 0 Å². The van der Waals surface area contributed by atoms with Gasteiger partial charge in [-0.3, -0.25) is 19.2 Å². The van der Waals surface area contributed by atoms with Crippen molar-refractivity contribution in [2.75, 3.05) is 0 Å². The second-order valence-corrected chi connectivity index (χ2v) is 12.2. The Hall–Kier alpha value is -4.60. The Morgan fingerprint density at radius 3 is 1.36 bits per heavy atom. The van der Waals surface area contributed by atoms with Gasteiger partial charge in [0.25, 0.3) is 11.8 Å². The van der Waals surface area contributed by atoms with Gasteiger partial charge in [0.15, 0.2) is 0 Å². The van der Waals surface area contributed by atoms with Crippen molar-refractivity contribution in [3.05, 3.63) is 78.7 Å². The van der Waals surface area contributed by atoms with Crippen LogP contribution in [0.15, 0.2) is 33.7 Å². The number of aromatic nitrogens is 2. The highest BCUT2D eigenvalue weighted by Crippen LogP contribution is 2.33. The number of hydrogen-bond acceptors (Lipinski definition) is 4. The van der Waals surface area contributed by atoms with Crippen molar-refractivity contribution in [2.24, 2.45) is 11.8 Å². The molecule has 2 aliphatic rings. The molecule has 10 nitrogen and oxygen atoms in total. The summed E-state index contributed by atoms with van der Waals surface area (Å²) in [5.74, 6) is -3.32. The predicted octanol–water partition coefficient (Wildman–Crippen LogP) is 5.47. The first-order valence-electron chi connectivity index (χ1n) is 15.5.